The first-order chi connectivity index (χ1) is 7.72. The molecule has 0 saturated carbocycles. The summed E-state index contributed by atoms with van der Waals surface area (Å²) < 4.78 is 0. The van der Waals surface area contributed by atoms with Crippen molar-refractivity contribution in [2.45, 2.75) is 13.0 Å². The number of halogens is 1. The highest BCUT2D eigenvalue weighted by atomic mass is 35.5. The summed E-state index contributed by atoms with van der Waals surface area (Å²) in [5, 5.41) is 7.27. The lowest BCUT2D eigenvalue weighted by atomic mass is 10.1. The molecule has 0 amide bonds. The van der Waals surface area contributed by atoms with Gasteiger partial charge in [-0.1, -0.05) is 23.7 Å². The van der Waals surface area contributed by atoms with Gasteiger partial charge in [-0.25, -0.2) is 10.4 Å². The Morgan fingerprint density at radius 2 is 2.31 bits per heavy atom. The van der Waals surface area contributed by atoms with Crippen LogP contribution in [0.5, 0.6) is 0 Å². The number of aromatic amines is 1. The molecule has 1 aromatic heterocycles. The number of hydrogen-bond donors (Lipinski definition) is 3. The third-order valence-electron chi connectivity index (χ3n) is 2.40. The fourth-order valence-electron chi connectivity index (χ4n) is 1.48. The van der Waals surface area contributed by atoms with Crippen molar-refractivity contribution in [3.05, 3.63) is 46.5 Å². The maximum absolute atomic E-state index is 6.06. The van der Waals surface area contributed by atoms with Gasteiger partial charge in [-0.05, 0) is 24.1 Å². The Kier molecular flexibility index (Phi) is 3.19. The number of benzene rings is 1. The summed E-state index contributed by atoms with van der Waals surface area (Å²) in [7, 11) is 0. The zero-order chi connectivity index (χ0) is 11.5. The third kappa shape index (κ3) is 2.06. The van der Waals surface area contributed by atoms with Gasteiger partial charge in [-0.2, -0.15) is 5.10 Å². The van der Waals surface area contributed by atoms with Gasteiger partial charge in [0, 0.05) is 5.02 Å². The van der Waals surface area contributed by atoms with Crippen molar-refractivity contribution in [2.24, 2.45) is 5.84 Å². The van der Waals surface area contributed by atoms with Gasteiger partial charge in [-0.3, -0.25) is 10.9 Å². The molecule has 0 radical (unpaired) electrons. The van der Waals surface area contributed by atoms with Crippen LogP contribution in [0.1, 0.15) is 23.0 Å². The van der Waals surface area contributed by atoms with E-state index in [-0.39, 0.29) is 6.04 Å². The minimum absolute atomic E-state index is 0.236. The quantitative estimate of drug-likeness (QED) is 0.556. The zero-order valence-electron chi connectivity index (χ0n) is 8.74. The number of nitrogens with two attached hydrogens (primary N) is 1. The molecule has 1 unspecified atom stereocenters. The van der Waals surface area contributed by atoms with Gasteiger partial charge < -0.3 is 0 Å². The molecule has 0 aliphatic rings. The van der Waals surface area contributed by atoms with E-state index in [1.165, 1.54) is 6.33 Å². The number of H-pyrrole nitrogens is 1. The molecule has 0 aliphatic carbocycles. The molecule has 1 aromatic carbocycles. The molecular weight excluding hydrogens is 226 g/mol. The number of hydrazine groups is 1. The van der Waals surface area contributed by atoms with Crippen LogP contribution in [0.2, 0.25) is 5.02 Å². The van der Waals surface area contributed by atoms with E-state index < -0.39 is 0 Å². The topological polar surface area (TPSA) is 79.6 Å². The highest BCUT2D eigenvalue weighted by molar-refractivity contribution is 6.31. The molecule has 2 rings (SSSR count). The average Bonchev–Trinajstić information content (AvgIpc) is 2.78. The van der Waals surface area contributed by atoms with Crippen molar-refractivity contribution < 1.29 is 0 Å². The van der Waals surface area contributed by atoms with Crippen molar-refractivity contribution in [2.75, 3.05) is 0 Å². The summed E-state index contributed by atoms with van der Waals surface area (Å²) in [6.07, 6.45) is 1.44. The Morgan fingerprint density at radius 3 is 2.88 bits per heavy atom. The van der Waals surface area contributed by atoms with Crippen molar-refractivity contribution in [3.63, 3.8) is 0 Å². The zero-order valence-corrected chi connectivity index (χ0v) is 9.49. The second-order valence-electron chi connectivity index (χ2n) is 3.48. The van der Waals surface area contributed by atoms with Gasteiger partial charge in [0.1, 0.15) is 18.2 Å². The van der Waals surface area contributed by atoms with E-state index in [0.717, 1.165) is 11.1 Å². The first kappa shape index (κ1) is 11.1. The molecule has 1 heterocycles. The highest BCUT2D eigenvalue weighted by Crippen LogP contribution is 2.23. The second-order valence-corrected chi connectivity index (χ2v) is 3.89. The lowest BCUT2D eigenvalue weighted by Crippen LogP contribution is -2.29. The van der Waals surface area contributed by atoms with Crippen molar-refractivity contribution in [3.8, 4) is 0 Å². The maximum Gasteiger partial charge on any atom is 0.147 e. The van der Waals surface area contributed by atoms with E-state index in [0.29, 0.717) is 10.8 Å². The van der Waals surface area contributed by atoms with Crippen molar-refractivity contribution in [1.82, 2.24) is 20.6 Å². The molecule has 2 aromatic rings. The Labute approximate surface area is 98.0 Å². The summed E-state index contributed by atoms with van der Waals surface area (Å²) in [6, 6.07) is 5.52. The highest BCUT2D eigenvalue weighted by Gasteiger charge is 2.15. The smallest absolute Gasteiger partial charge is 0.147 e. The van der Waals surface area contributed by atoms with E-state index in [9.17, 15) is 0 Å². The fourth-order valence-corrected chi connectivity index (χ4v) is 1.66. The molecule has 84 valence electrons. The molecule has 0 fully saturated rings. The standard InChI is InChI=1S/C10H12ClN5/c1-6-2-3-7(4-8(6)11)9(15-12)10-13-5-14-16-10/h2-5,9,15H,12H2,1H3,(H,13,14,16). The SMILES string of the molecule is Cc1ccc(C(NN)c2ncn[nH]2)cc1Cl. The van der Waals surface area contributed by atoms with Crippen LogP contribution in [-0.2, 0) is 0 Å². The molecular formula is C10H12ClN5. The number of nitrogens with zero attached hydrogens (tertiary/aromatic N) is 2. The van der Waals surface area contributed by atoms with E-state index in [2.05, 4.69) is 20.6 Å². The molecule has 6 heteroatoms. The summed E-state index contributed by atoms with van der Waals surface area (Å²) in [5.41, 5.74) is 4.64. The van der Waals surface area contributed by atoms with Crippen LogP contribution in [0.3, 0.4) is 0 Å². The number of nitrogens with one attached hydrogen (secondary N) is 2. The lowest BCUT2D eigenvalue weighted by molar-refractivity contribution is 0.604. The van der Waals surface area contributed by atoms with E-state index in [4.69, 9.17) is 17.4 Å². The summed E-state index contributed by atoms with van der Waals surface area (Å²) in [5.74, 6) is 6.16. The van der Waals surface area contributed by atoms with Crippen LogP contribution in [0.25, 0.3) is 0 Å². The monoisotopic (exact) mass is 237 g/mol. The Balaban J connectivity index is 2.37. The number of hydrogen-bond acceptors (Lipinski definition) is 4. The lowest BCUT2D eigenvalue weighted by Gasteiger charge is -2.14. The summed E-state index contributed by atoms with van der Waals surface area (Å²) in [4.78, 5) is 4.06. The van der Waals surface area contributed by atoms with Gasteiger partial charge in [0.05, 0.1) is 0 Å². The van der Waals surface area contributed by atoms with Gasteiger partial charge in [0.25, 0.3) is 0 Å². The van der Waals surface area contributed by atoms with Crippen molar-refractivity contribution in [1.29, 1.82) is 0 Å². The van der Waals surface area contributed by atoms with Gasteiger partial charge >= 0.3 is 0 Å². The van der Waals surface area contributed by atoms with E-state index in [1.54, 1.807) is 0 Å². The summed E-state index contributed by atoms with van der Waals surface area (Å²) in [6.45, 7) is 1.95. The second kappa shape index (κ2) is 4.61. The van der Waals surface area contributed by atoms with Crippen LogP contribution in [-0.4, -0.2) is 15.2 Å². The predicted octanol–water partition coefficient (Wildman–Crippen LogP) is 1.32. The van der Waals surface area contributed by atoms with Gasteiger partial charge in [-0.15, -0.1) is 0 Å². The molecule has 1 atom stereocenters. The molecule has 0 spiro atoms. The molecule has 16 heavy (non-hydrogen) atoms. The van der Waals surface area contributed by atoms with Gasteiger partial charge in [0.15, 0.2) is 0 Å². The first-order valence-electron chi connectivity index (χ1n) is 4.80. The third-order valence-corrected chi connectivity index (χ3v) is 2.81. The van der Waals surface area contributed by atoms with Gasteiger partial charge in [0.2, 0.25) is 0 Å². The molecule has 0 aliphatic heterocycles. The van der Waals surface area contributed by atoms with Crippen molar-refractivity contribution >= 4 is 11.6 Å². The maximum atomic E-state index is 6.06. The molecule has 0 bridgehead atoms. The Bertz CT molecular complexity index is 468. The normalized spacial score (nSPS) is 12.7. The Hall–Kier alpha value is -1.43. The Morgan fingerprint density at radius 1 is 1.50 bits per heavy atom. The minimum atomic E-state index is -0.236. The largest absolute Gasteiger partial charge is 0.270 e. The molecule has 4 N–H and O–H groups in total. The van der Waals surface area contributed by atoms with Crippen LogP contribution in [0, 0.1) is 6.92 Å². The summed E-state index contributed by atoms with van der Waals surface area (Å²) >= 11 is 6.06. The average molecular weight is 238 g/mol. The first-order valence-corrected chi connectivity index (χ1v) is 5.17. The number of aryl methyl sites for hydroxylation is 1. The van der Waals surface area contributed by atoms with E-state index in [1.807, 2.05) is 25.1 Å². The predicted molar refractivity (Wildman–Crippen MR) is 61.7 cm³/mol. The number of rotatable bonds is 3. The van der Waals surface area contributed by atoms with Crippen LogP contribution >= 0.6 is 11.6 Å². The minimum Gasteiger partial charge on any atom is -0.270 e. The van der Waals surface area contributed by atoms with Crippen LogP contribution < -0.4 is 11.3 Å². The van der Waals surface area contributed by atoms with Crippen LogP contribution in [0.4, 0.5) is 0 Å². The van der Waals surface area contributed by atoms with Crippen LogP contribution in [0.15, 0.2) is 24.5 Å². The molecule has 0 saturated heterocycles. The number of aromatic nitrogens is 3. The fraction of sp³-hybridized carbons (Fsp3) is 0.200. The van der Waals surface area contributed by atoms with E-state index >= 15 is 0 Å². The molecule has 5 nitrogen and oxygen atoms in total.